The van der Waals surface area contributed by atoms with Crippen LogP contribution in [0.15, 0.2) is 60.8 Å². The molecule has 2 amide bonds. The van der Waals surface area contributed by atoms with Crippen molar-refractivity contribution in [3.05, 3.63) is 88.9 Å². The zero-order valence-electron chi connectivity index (χ0n) is 16.5. The highest BCUT2D eigenvalue weighted by Gasteiger charge is 2.16. The van der Waals surface area contributed by atoms with Crippen LogP contribution in [0.5, 0.6) is 0 Å². The van der Waals surface area contributed by atoms with Gasteiger partial charge >= 0.3 is 0 Å². The van der Waals surface area contributed by atoms with Gasteiger partial charge in [0, 0.05) is 28.8 Å². The van der Waals surface area contributed by atoms with Gasteiger partial charge in [-0.25, -0.2) is 9.37 Å². The van der Waals surface area contributed by atoms with Crippen LogP contribution in [0.1, 0.15) is 31.8 Å². The molecule has 7 nitrogen and oxygen atoms in total. The average Bonchev–Trinajstić information content (AvgIpc) is 2.80. The number of amidine groups is 1. The van der Waals surface area contributed by atoms with E-state index in [0.29, 0.717) is 16.9 Å². The summed E-state index contributed by atoms with van der Waals surface area (Å²) in [6, 6.07) is 13.5. The molecule has 0 aliphatic carbocycles. The van der Waals surface area contributed by atoms with Gasteiger partial charge in [-0.1, -0.05) is 40.8 Å². The molecule has 3 rings (SSSR count). The molecule has 0 saturated carbocycles. The molecular weight excluding hydrogens is 512 g/mol. The van der Waals surface area contributed by atoms with Crippen LogP contribution in [0.2, 0.25) is 0 Å². The van der Waals surface area contributed by atoms with Gasteiger partial charge in [-0.15, -0.1) is 0 Å². The number of anilines is 2. The molecule has 0 aliphatic heterocycles. The molecule has 0 bridgehead atoms. The molecule has 0 spiro atoms. The van der Waals surface area contributed by atoms with E-state index in [1.165, 1.54) is 6.07 Å². The summed E-state index contributed by atoms with van der Waals surface area (Å²) in [7, 11) is 1.64. The van der Waals surface area contributed by atoms with Crippen LogP contribution in [0, 0.1) is 11.2 Å². The van der Waals surface area contributed by atoms with E-state index in [0.717, 1.165) is 22.1 Å². The first kappa shape index (κ1) is 22.3. The monoisotopic (exact) mass is 531 g/mol. The summed E-state index contributed by atoms with van der Waals surface area (Å²) in [4.78, 5) is 29.5. The maximum absolute atomic E-state index is 13.8. The summed E-state index contributed by atoms with van der Waals surface area (Å²) in [5.74, 6) is -1.12. The highest BCUT2D eigenvalue weighted by molar-refractivity contribution is 14.1. The van der Waals surface area contributed by atoms with Gasteiger partial charge in [-0.05, 0) is 42.0 Å². The average molecular weight is 531 g/mol. The minimum absolute atomic E-state index is 0.0262. The lowest BCUT2D eigenvalue weighted by molar-refractivity contribution is 0.102. The summed E-state index contributed by atoms with van der Waals surface area (Å²) in [6.07, 6.45) is 1.65. The topological polar surface area (TPSA) is 107 Å². The molecule has 0 unspecified atom stereocenters. The first-order chi connectivity index (χ1) is 14.9. The number of amides is 2. The molecule has 0 saturated heterocycles. The fraction of sp³-hybridized carbons (Fsp3) is 0.0909. The number of nitrogens with one attached hydrogen (secondary N) is 4. The van der Waals surface area contributed by atoms with Crippen molar-refractivity contribution in [1.29, 1.82) is 5.41 Å². The summed E-state index contributed by atoms with van der Waals surface area (Å²) >= 11 is 2.21. The van der Waals surface area contributed by atoms with Crippen molar-refractivity contribution in [2.45, 2.75) is 4.43 Å². The van der Waals surface area contributed by atoms with Crippen LogP contribution < -0.4 is 16.0 Å². The first-order valence-electron chi connectivity index (χ1n) is 9.21. The van der Waals surface area contributed by atoms with Crippen LogP contribution in [0.25, 0.3) is 0 Å². The standard InChI is InChI=1S/C22H19FIN5O2/c1-26-20(25)14-3-5-15(6-4-14)21(30)28-18-8-7-16(23)10-17(18)22(31)29-19-9-2-13(11-24)12-27-19/h2-10,12H,11H2,1H3,(H2,25,26)(H,28,30)(H,27,29,31). The number of nitrogens with zero attached hydrogens (tertiary/aromatic N) is 1. The Morgan fingerprint density at radius 1 is 1.00 bits per heavy atom. The minimum atomic E-state index is -0.605. The quantitative estimate of drug-likeness (QED) is 0.166. The van der Waals surface area contributed by atoms with Gasteiger partial charge in [0.25, 0.3) is 11.8 Å². The van der Waals surface area contributed by atoms with E-state index in [2.05, 4.69) is 43.5 Å². The fourth-order valence-electron chi connectivity index (χ4n) is 2.70. The number of carbonyl (C=O) groups is 2. The Hall–Kier alpha value is -3.34. The Kier molecular flexibility index (Phi) is 7.29. The molecule has 0 aliphatic rings. The summed E-state index contributed by atoms with van der Waals surface area (Å²) in [5, 5.41) is 15.7. The van der Waals surface area contributed by atoms with Crippen molar-refractivity contribution in [2.24, 2.45) is 0 Å². The molecular formula is C22H19FIN5O2. The van der Waals surface area contributed by atoms with Gasteiger partial charge in [0.15, 0.2) is 0 Å². The van der Waals surface area contributed by atoms with Gasteiger partial charge < -0.3 is 16.0 Å². The van der Waals surface area contributed by atoms with Crippen LogP contribution in [-0.2, 0) is 4.43 Å². The number of hydrogen-bond donors (Lipinski definition) is 4. The van der Waals surface area contributed by atoms with Gasteiger partial charge in [-0.2, -0.15) is 0 Å². The molecule has 4 N–H and O–H groups in total. The zero-order valence-corrected chi connectivity index (χ0v) is 18.7. The summed E-state index contributed by atoms with van der Waals surface area (Å²) in [6.45, 7) is 0. The third-order valence-corrected chi connectivity index (χ3v) is 5.26. The zero-order chi connectivity index (χ0) is 22.4. The molecule has 2 aromatic carbocycles. The third kappa shape index (κ3) is 5.63. The van der Waals surface area contributed by atoms with Crippen molar-refractivity contribution >= 4 is 51.7 Å². The van der Waals surface area contributed by atoms with E-state index >= 15 is 0 Å². The van der Waals surface area contributed by atoms with Gasteiger partial charge in [0.2, 0.25) is 0 Å². The molecule has 31 heavy (non-hydrogen) atoms. The van der Waals surface area contributed by atoms with Gasteiger partial charge in [0.05, 0.1) is 11.3 Å². The normalized spacial score (nSPS) is 10.3. The van der Waals surface area contributed by atoms with Crippen molar-refractivity contribution in [2.75, 3.05) is 17.7 Å². The van der Waals surface area contributed by atoms with Crippen molar-refractivity contribution in [3.8, 4) is 0 Å². The van der Waals surface area contributed by atoms with Crippen LogP contribution in [0.4, 0.5) is 15.9 Å². The van der Waals surface area contributed by atoms with E-state index in [1.54, 1.807) is 43.6 Å². The highest BCUT2D eigenvalue weighted by Crippen LogP contribution is 2.20. The van der Waals surface area contributed by atoms with Gasteiger partial charge in [-0.3, -0.25) is 15.0 Å². The van der Waals surface area contributed by atoms with E-state index in [9.17, 15) is 14.0 Å². The maximum Gasteiger partial charge on any atom is 0.259 e. The molecule has 0 radical (unpaired) electrons. The fourth-order valence-corrected chi connectivity index (χ4v) is 3.15. The lowest BCUT2D eigenvalue weighted by Gasteiger charge is -2.12. The maximum atomic E-state index is 13.8. The molecule has 1 heterocycles. The number of alkyl halides is 1. The number of halogens is 2. The number of pyridine rings is 1. The molecule has 9 heteroatoms. The van der Waals surface area contributed by atoms with Crippen molar-refractivity contribution < 1.29 is 14.0 Å². The Balaban J connectivity index is 1.79. The van der Waals surface area contributed by atoms with E-state index in [1.807, 2.05) is 6.07 Å². The predicted octanol–water partition coefficient (Wildman–Crippen LogP) is 4.21. The van der Waals surface area contributed by atoms with E-state index in [-0.39, 0.29) is 17.1 Å². The second-order valence-corrected chi connectivity index (χ2v) is 7.25. The third-order valence-electron chi connectivity index (χ3n) is 4.38. The summed E-state index contributed by atoms with van der Waals surface area (Å²) in [5.41, 5.74) is 2.11. The molecule has 3 aromatic rings. The second-order valence-electron chi connectivity index (χ2n) is 6.49. The lowest BCUT2D eigenvalue weighted by atomic mass is 10.1. The van der Waals surface area contributed by atoms with Crippen molar-refractivity contribution in [1.82, 2.24) is 10.3 Å². The van der Waals surface area contributed by atoms with Gasteiger partial charge in [0.1, 0.15) is 17.5 Å². The lowest BCUT2D eigenvalue weighted by Crippen LogP contribution is -2.20. The number of aromatic nitrogens is 1. The molecule has 0 fully saturated rings. The second kappa shape index (κ2) is 10.1. The van der Waals surface area contributed by atoms with E-state index < -0.39 is 17.6 Å². The number of carbonyl (C=O) groups excluding carboxylic acids is 2. The Morgan fingerprint density at radius 2 is 1.71 bits per heavy atom. The first-order valence-corrected chi connectivity index (χ1v) is 10.7. The van der Waals surface area contributed by atoms with Crippen LogP contribution in [0.3, 0.4) is 0 Å². The summed E-state index contributed by atoms with van der Waals surface area (Å²) < 4.78 is 14.6. The minimum Gasteiger partial charge on any atom is -0.373 e. The number of hydrogen-bond acceptors (Lipinski definition) is 4. The SMILES string of the molecule is CNC(=N)c1ccc(C(=O)Nc2ccc(F)cc2C(=O)Nc2ccc(CI)cn2)cc1. The smallest absolute Gasteiger partial charge is 0.259 e. The molecule has 1 aromatic heterocycles. The van der Waals surface area contributed by atoms with E-state index in [4.69, 9.17) is 5.41 Å². The molecule has 0 atom stereocenters. The predicted molar refractivity (Wildman–Crippen MR) is 127 cm³/mol. The van der Waals surface area contributed by atoms with Crippen LogP contribution in [-0.4, -0.2) is 29.7 Å². The Labute approximate surface area is 192 Å². The highest BCUT2D eigenvalue weighted by atomic mass is 127. The van der Waals surface area contributed by atoms with Crippen LogP contribution >= 0.6 is 22.6 Å². The molecule has 158 valence electrons. The number of benzene rings is 2. The Bertz CT molecular complexity index is 1120. The number of rotatable bonds is 6. The largest absolute Gasteiger partial charge is 0.373 e. The van der Waals surface area contributed by atoms with Crippen molar-refractivity contribution in [3.63, 3.8) is 0 Å². The Morgan fingerprint density at radius 3 is 2.32 bits per heavy atom.